The standard InChI is InChI=1S/C18H14Cl2N2O4/c1-11(26-13-7-5-12(9-21)6-8-13)18(24)25-10-16(23)22-17-14(19)3-2-4-15(17)20/h2-8,11H,10H2,1H3,(H,22,23)/t11-/m1/s1. The maximum Gasteiger partial charge on any atom is 0.347 e. The predicted octanol–water partition coefficient (Wildman–Crippen LogP) is 3.81. The predicted molar refractivity (Wildman–Crippen MR) is 97.3 cm³/mol. The molecule has 6 nitrogen and oxygen atoms in total. The van der Waals surface area contributed by atoms with Crippen LogP contribution in [-0.2, 0) is 14.3 Å². The SMILES string of the molecule is C[C@@H](Oc1ccc(C#N)cc1)C(=O)OCC(=O)Nc1c(Cl)cccc1Cl. The molecule has 0 saturated heterocycles. The summed E-state index contributed by atoms with van der Waals surface area (Å²) in [6.07, 6.45) is -0.931. The van der Waals surface area contributed by atoms with Crippen molar-refractivity contribution in [2.24, 2.45) is 0 Å². The van der Waals surface area contributed by atoms with Gasteiger partial charge in [0.05, 0.1) is 27.4 Å². The second-order valence-corrected chi connectivity index (χ2v) is 5.96. The summed E-state index contributed by atoms with van der Waals surface area (Å²) in [5.74, 6) is -0.894. The van der Waals surface area contributed by atoms with Crippen LogP contribution in [0.3, 0.4) is 0 Å². The molecule has 0 aliphatic carbocycles. The summed E-state index contributed by atoms with van der Waals surface area (Å²) in [6.45, 7) is 0.977. The Morgan fingerprint density at radius 1 is 1.15 bits per heavy atom. The van der Waals surface area contributed by atoms with Crippen LogP contribution in [0.2, 0.25) is 10.0 Å². The third-order valence-electron chi connectivity index (χ3n) is 3.20. The van der Waals surface area contributed by atoms with Crippen LogP contribution in [0.4, 0.5) is 5.69 Å². The van der Waals surface area contributed by atoms with Gasteiger partial charge in [-0.25, -0.2) is 4.79 Å². The molecule has 0 radical (unpaired) electrons. The Balaban J connectivity index is 1.85. The zero-order chi connectivity index (χ0) is 19.1. The molecule has 0 aromatic heterocycles. The smallest absolute Gasteiger partial charge is 0.347 e. The highest BCUT2D eigenvalue weighted by Gasteiger charge is 2.18. The molecule has 2 rings (SSSR count). The molecular weight excluding hydrogens is 379 g/mol. The van der Waals surface area contributed by atoms with Crippen LogP contribution >= 0.6 is 23.2 Å². The lowest BCUT2D eigenvalue weighted by atomic mass is 10.2. The Morgan fingerprint density at radius 2 is 1.77 bits per heavy atom. The highest BCUT2D eigenvalue weighted by atomic mass is 35.5. The van der Waals surface area contributed by atoms with E-state index in [4.69, 9.17) is 37.9 Å². The van der Waals surface area contributed by atoms with Gasteiger partial charge < -0.3 is 14.8 Å². The Labute approximate surface area is 160 Å². The van der Waals surface area contributed by atoms with Crippen molar-refractivity contribution < 1.29 is 19.1 Å². The molecular formula is C18H14Cl2N2O4. The molecule has 1 atom stereocenters. The first-order valence-electron chi connectivity index (χ1n) is 7.48. The van der Waals surface area contributed by atoms with E-state index in [0.717, 1.165) is 0 Å². The summed E-state index contributed by atoms with van der Waals surface area (Å²) in [5.41, 5.74) is 0.723. The summed E-state index contributed by atoms with van der Waals surface area (Å²) in [4.78, 5) is 23.8. The van der Waals surface area contributed by atoms with Crippen molar-refractivity contribution in [3.8, 4) is 11.8 Å². The number of carbonyl (C=O) groups is 2. The number of halogens is 2. The lowest BCUT2D eigenvalue weighted by Crippen LogP contribution is -2.29. The van der Waals surface area contributed by atoms with E-state index in [2.05, 4.69) is 5.32 Å². The molecule has 1 amide bonds. The van der Waals surface area contributed by atoms with Gasteiger partial charge in [-0.2, -0.15) is 5.26 Å². The van der Waals surface area contributed by atoms with Crippen molar-refractivity contribution in [3.05, 3.63) is 58.1 Å². The number of hydrogen-bond acceptors (Lipinski definition) is 5. The van der Waals surface area contributed by atoms with Crippen LogP contribution in [0.15, 0.2) is 42.5 Å². The number of amides is 1. The largest absolute Gasteiger partial charge is 0.479 e. The number of nitrogens with one attached hydrogen (secondary N) is 1. The molecule has 26 heavy (non-hydrogen) atoms. The zero-order valence-electron chi connectivity index (χ0n) is 13.7. The number of carbonyl (C=O) groups excluding carboxylic acids is 2. The van der Waals surface area contributed by atoms with Crippen molar-refractivity contribution >= 4 is 40.8 Å². The van der Waals surface area contributed by atoms with Crippen molar-refractivity contribution in [2.45, 2.75) is 13.0 Å². The fourth-order valence-electron chi connectivity index (χ4n) is 1.91. The van der Waals surface area contributed by atoms with Crippen LogP contribution in [0.5, 0.6) is 5.75 Å². The van der Waals surface area contributed by atoms with Gasteiger partial charge in [0.25, 0.3) is 5.91 Å². The molecule has 8 heteroatoms. The average molecular weight is 393 g/mol. The minimum Gasteiger partial charge on any atom is -0.479 e. The minimum absolute atomic E-state index is 0.249. The van der Waals surface area contributed by atoms with Gasteiger partial charge in [0.1, 0.15) is 5.75 Å². The van der Waals surface area contributed by atoms with E-state index in [1.807, 2.05) is 6.07 Å². The number of para-hydroxylation sites is 1. The summed E-state index contributed by atoms with van der Waals surface area (Å²) < 4.78 is 10.3. The van der Waals surface area contributed by atoms with Crippen molar-refractivity contribution in [1.29, 1.82) is 5.26 Å². The molecule has 2 aromatic rings. The number of anilines is 1. The molecule has 2 aromatic carbocycles. The highest BCUT2D eigenvalue weighted by molar-refractivity contribution is 6.39. The molecule has 1 N–H and O–H groups in total. The van der Waals surface area contributed by atoms with Crippen molar-refractivity contribution in [3.63, 3.8) is 0 Å². The molecule has 0 unspecified atom stereocenters. The van der Waals surface area contributed by atoms with Crippen molar-refractivity contribution in [1.82, 2.24) is 0 Å². The molecule has 0 spiro atoms. The monoisotopic (exact) mass is 392 g/mol. The Kier molecular flexibility index (Phi) is 6.84. The summed E-state index contributed by atoms with van der Waals surface area (Å²) in [7, 11) is 0. The van der Waals surface area contributed by atoms with E-state index in [1.165, 1.54) is 6.92 Å². The van der Waals surface area contributed by atoms with Gasteiger partial charge in [-0.3, -0.25) is 4.79 Å². The summed E-state index contributed by atoms with van der Waals surface area (Å²) >= 11 is 11.9. The summed E-state index contributed by atoms with van der Waals surface area (Å²) in [6, 6.07) is 13.0. The molecule has 0 bridgehead atoms. The Bertz CT molecular complexity index is 827. The van der Waals surface area contributed by atoms with Crippen LogP contribution < -0.4 is 10.1 Å². The fourth-order valence-corrected chi connectivity index (χ4v) is 2.40. The lowest BCUT2D eigenvalue weighted by molar-refractivity contribution is -0.153. The van der Waals surface area contributed by atoms with Gasteiger partial charge in [0, 0.05) is 0 Å². The van der Waals surface area contributed by atoms with E-state index in [1.54, 1.807) is 42.5 Å². The zero-order valence-corrected chi connectivity index (χ0v) is 15.2. The molecule has 0 saturated carbocycles. The Hall–Kier alpha value is -2.75. The highest BCUT2D eigenvalue weighted by Crippen LogP contribution is 2.29. The van der Waals surface area contributed by atoms with Crippen molar-refractivity contribution in [2.75, 3.05) is 11.9 Å². The maximum absolute atomic E-state index is 11.9. The second-order valence-electron chi connectivity index (χ2n) is 5.15. The quantitative estimate of drug-likeness (QED) is 0.754. The molecule has 134 valence electrons. The van der Waals surface area contributed by atoms with E-state index in [-0.39, 0.29) is 15.7 Å². The first kappa shape index (κ1) is 19.6. The normalized spacial score (nSPS) is 11.2. The maximum atomic E-state index is 11.9. The first-order chi connectivity index (χ1) is 12.4. The van der Waals surface area contributed by atoms with E-state index >= 15 is 0 Å². The Morgan fingerprint density at radius 3 is 2.35 bits per heavy atom. The van der Waals surface area contributed by atoms with E-state index in [9.17, 15) is 9.59 Å². The minimum atomic E-state index is -0.931. The summed E-state index contributed by atoms with van der Waals surface area (Å²) in [5, 5.41) is 11.8. The van der Waals surface area contributed by atoms with E-state index < -0.39 is 24.6 Å². The second kappa shape index (κ2) is 9.09. The van der Waals surface area contributed by atoms with E-state index in [0.29, 0.717) is 11.3 Å². The number of benzene rings is 2. The van der Waals surface area contributed by atoms with Crippen LogP contribution in [0.1, 0.15) is 12.5 Å². The van der Waals surface area contributed by atoms with Gasteiger partial charge in [0.2, 0.25) is 0 Å². The number of nitrogens with zero attached hydrogens (tertiary/aromatic N) is 1. The number of ether oxygens (including phenoxy) is 2. The number of rotatable bonds is 6. The fraction of sp³-hybridized carbons (Fsp3) is 0.167. The van der Waals surface area contributed by atoms with Gasteiger partial charge in [-0.05, 0) is 43.3 Å². The van der Waals surface area contributed by atoms with Gasteiger partial charge in [-0.1, -0.05) is 29.3 Å². The lowest BCUT2D eigenvalue weighted by Gasteiger charge is -2.14. The van der Waals surface area contributed by atoms with Crippen LogP contribution in [0, 0.1) is 11.3 Å². The first-order valence-corrected chi connectivity index (χ1v) is 8.23. The third-order valence-corrected chi connectivity index (χ3v) is 3.83. The number of esters is 1. The molecule has 0 heterocycles. The van der Waals surface area contributed by atoms with Gasteiger partial charge in [-0.15, -0.1) is 0 Å². The van der Waals surface area contributed by atoms with Crippen LogP contribution in [-0.4, -0.2) is 24.6 Å². The average Bonchev–Trinajstić information content (AvgIpc) is 2.63. The van der Waals surface area contributed by atoms with Crippen LogP contribution in [0.25, 0.3) is 0 Å². The van der Waals surface area contributed by atoms with Gasteiger partial charge in [0.15, 0.2) is 12.7 Å². The number of nitriles is 1. The van der Waals surface area contributed by atoms with Gasteiger partial charge >= 0.3 is 5.97 Å². The topological polar surface area (TPSA) is 88.4 Å². The number of hydrogen-bond donors (Lipinski definition) is 1. The third kappa shape index (κ3) is 5.38. The molecule has 0 aliphatic rings. The molecule has 0 fully saturated rings. The molecule has 0 aliphatic heterocycles.